The van der Waals surface area contributed by atoms with Gasteiger partial charge in [0.1, 0.15) is 10.6 Å². The molecule has 0 saturated heterocycles. The molecule has 1 aromatic heterocycles. The van der Waals surface area contributed by atoms with E-state index in [1.54, 1.807) is 17.5 Å². The highest BCUT2D eigenvalue weighted by molar-refractivity contribution is 7.09. The Morgan fingerprint density at radius 1 is 1.38 bits per heavy atom. The van der Waals surface area contributed by atoms with Crippen LogP contribution >= 0.6 is 11.3 Å². The van der Waals surface area contributed by atoms with E-state index in [0.29, 0.717) is 12.5 Å². The van der Waals surface area contributed by atoms with Crippen LogP contribution in [0.15, 0.2) is 11.6 Å². The second-order valence-electron chi connectivity index (χ2n) is 6.50. The van der Waals surface area contributed by atoms with Crippen molar-refractivity contribution in [2.45, 2.75) is 59.2 Å². The van der Waals surface area contributed by atoms with Gasteiger partial charge in [0.2, 0.25) is 0 Å². The molecule has 5 nitrogen and oxygen atoms in total. The Morgan fingerprint density at radius 3 is 2.52 bits per heavy atom. The van der Waals surface area contributed by atoms with E-state index in [0.717, 1.165) is 5.01 Å². The monoisotopic (exact) mass is 313 g/mol. The molecule has 0 spiro atoms. The minimum absolute atomic E-state index is 0.0160. The molecule has 1 rings (SSSR count). The quantitative estimate of drug-likeness (QED) is 0.845. The number of nitrogens with zero attached hydrogens (tertiary/aromatic N) is 1. The average Bonchev–Trinajstić information content (AvgIpc) is 2.85. The molecule has 0 saturated carbocycles. The number of carbonyl (C=O) groups is 1. The molecule has 2 N–H and O–H groups in total. The van der Waals surface area contributed by atoms with Gasteiger partial charge in [-0.05, 0) is 33.6 Å². The first kappa shape index (κ1) is 17.9. The van der Waals surface area contributed by atoms with Gasteiger partial charge in [0.15, 0.2) is 0 Å². The largest absolute Gasteiger partial charge is 0.444 e. The number of amides is 1. The third kappa shape index (κ3) is 6.91. The second kappa shape index (κ2) is 7.75. The van der Waals surface area contributed by atoms with Crippen LogP contribution in [-0.4, -0.2) is 29.3 Å². The molecule has 0 bridgehead atoms. The molecular formula is C15H27N3O2S. The van der Waals surface area contributed by atoms with Gasteiger partial charge in [-0.2, -0.15) is 0 Å². The van der Waals surface area contributed by atoms with Crippen LogP contribution < -0.4 is 10.6 Å². The smallest absolute Gasteiger partial charge is 0.407 e. The Bertz CT molecular complexity index is 427. The average molecular weight is 313 g/mol. The Hall–Kier alpha value is -1.14. The number of aromatic nitrogens is 1. The molecule has 1 aromatic rings. The first-order chi connectivity index (χ1) is 9.69. The summed E-state index contributed by atoms with van der Waals surface area (Å²) in [5.74, 6) is 0.313. The van der Waals surface area contributed by atoms with E-state index in [1.807, 2.05) is 26.2 Å². The molecule has 1 amide bonds. The highest BCUT2D eigenvalue weighted by Crippen LogP contribution is 2.15. The van der Waals surface area contributed by atoms with Crippen LogP contribution in [0.25, 0.3) is 0 Å². The van der Waals surface area contributed by atoms with Gasteiger partial charge in [-0.25, -0.2) is 9.78 Å². The molecule has 2 unspecified atom stereocenters. The second-order valence-corrected chi connectivity index (χ2v) is 7.42. The molecule has 120 valence electrons. The van der Waals surface area contributed by atoms with Crippen LogP contribution in [-0.2, 0) is 4.74 Å². The summed E-state index contributed by atoms with van der Waals surface area (Å²) in [4.78, 5) is 16.2. The lowest BCUT2D eigenvalue weighted by Gasteiger charge is -2.27. The first-order valence-electron chi connectivity index (χ1n) is 7.31. The maximum Gasteiger partial charge on any atom is 0.407 e. The van der Waals surface area contributed by atoms with Gasteiger partial charge in [0.05, 0.1) is 6.04 Å². The van der Waals surface area contributed by atoms with Gasteiger partial charge in [0, 0.05) is 24.2 Å². The lowest BCUT2D eigenvalue weighted by Crippen LogP contribution is -2.47. The molecule has 0 aliphatic heterocycles. The number of rotatable bonds is 6. The molecule has 0 aromatic carbocycles. The van der Waals surface area contributed by atoms with Crippen molar-refractivity contribution in [1.29, 1.82) is 0 Å². The lowest BCUT2D eigenvalue weighted by atomic mass is 10.0. The highest BCUT2D eigenvalue weighted by Gasteiger charge is 2.22. The number of nitrogens with one attached hydrogen (secondary N) is 2. The summed E-state index contributed by atoms with van der Waals surface area (Å²) >= 11 is 1.63. The maximum atomic E-state index is 11.9. The van der Waals surface area contributed by atoms with Crippen LogP contribution in [0.3, 0.4) is 0 Å². The summed E-state index contributed by atoms with van der Waals surface area (Å²) in [6.07, 6.45) is 1.43. The zero-order valence-corrected chi connectivity index (χ0v) is 14.6. The van der Waals surface area contributed by atoms with E-state index in [-0.39, 0.29) is 18.2 Å². The SMILES string of the molecule is CC(NCC(NC(=O)OC(C)(C)C)C(C)C)c1nccs1. The topological polar surface area (TPSA) is 63.2 Å². The van der Waals surface area contributed by atoms with E-state index in [1.165, 1.54) is 0 Å². The number of carbonyl (C=O) groups excluding carboxylic acids is 1. The van der Waals surface area contributed by atoms with Crippen molar-refractivity contribution in [1.82, 2.24) is 15.6 Å². The van der Waals surface area contributed by atoms with Crippen LogP contribution in [0, 0.1) is 5.92 Å². The summed E-state index contributed by atoms with van der Waals surface area (Å²) in [6.45, 7) is 12.5. The summed E-state index contributed by atoms with van der Waals surface area (Å²) in [5.41, 5.74) is -0.479. The molecular weight excluding hydrogens is 286 g/mol. The lowest BCUT2D eigenvalue weighted by molar-refractivity contribution is 0.0489. The molecule has 6 heteroatoms. The van der Waals surface area contributed by atoms with Crippen molar-refractivity contribution in [3.8, 4) is 0 Å². The summed E-state index contributed by atoms with van der Waals surface area (Å²) < 4.78 is 5.31. The number of alkyl carbamates (subject to hydrolysis) is 1. The summed E-state index contributed by atoms with van der Waals surface area (Å²) in [5, 5.41) is 9.36. The van der Waals surface area contributed by atoms with Gasteiger partial charge >= 0.3 is 6.09 Å². The maximum absolute atomic E-state index is 11.9. The normalized spacial score (nSPS) is 14.8. The number of hydrogen-bond donors (Lipinski definition) is 2. The van der Waals surface area contributed by atoms with Crippen molar-refractivity contribution in [2.75, 3.05) is 6.54 Å². The van der Waals surface area contributed by atoms with E-state index in [9.17, 15) is 4.79 Å². The molecule has 0 aliphatic rings. The van der Waals surface area contributed by atoms with Crippen molar-refractivity contribution >= 4 is 17.4 Å². The fraction of sp³-hybridized carbons (Fsp3) is 0.733. The van der Waals surface area contributed by atoms with Gasteiger partial charge < -0.3 is 15.4 Å². The van der Waals surface area contributed by atoms with Gasteiger partial charge in [-0.15, -0.1) is 11.3 Å². The molecule has 0 radical (unpaired) electrons. The van der Waals surface area contributed by atoms with Gasteiger partial charge in [0.25, 0.3) is 0 Å². The Balaban J connectivity index is 2.48. The fourth-order valence-electron chi connectivity index (χ4n) is 1.75. The minimum atomic E-state index is -0.479. The molecule has 1 heterocycles. The predicted molar refractivity (Wildman–Crippen MR) is 86.5 cm³/mol. The van der Waals surface area contributed by atoms with Crippen molar-refractivity contribution in [3.63, 3.8) is 0 Å². The summed E-state index contributed by atoms with van der Waals surface area (Å²) in [6, 6.07) is 0.189. The van der Waals surface area contributed by atoms with Crippen molar-refractivity contribution in [2.24, 2.45) is 5.92 Å². The number of hydrogen-bond acceptors (Lipinski definition) is 5. The highest BCUT2D eigenvalue weighted by atomic mass is 32.1. The molecule has 0 fully saturated rings. The van der Waals surface area contributed by atoms with Crippen molar-refractivity contribution < 1.29 is 9.53 Å². The van der Waals surface area contributed by atoms with Crippen LogP contribution in [0.5, 0.6) is 0 Å². The molecule has 2 atom stereocenters. The standard InChI is InChI=1S/C15H27N3O2S/c1-10(2)12(18-14(19)20-15(4,5)6)9-17-11(3)13-16-7-8-21-13/h7-8,10-12,17H,9H2,1-6H3,(H,18,19). The number of thiazole rings is 1. The predicted octanol–water partition coefficient (Wildman–Crippen LogP) is 3.34. The fourth-order valence-corrected chi connectivity index (χ4v) is 2.42. The zero-order chi connectivity index (χ0) is 16.0. The molecule has 21 heavy (non-hydrogen) atoms. The van der Waals surface area contributed by atoms with Crippen LogP contribution in [0.1, 0.15) is 52.6 Å². The van der Waals surface area contributed by atoms with E-state index < -0.39 is 5.60 Å². The first-order valence-corrected chi connectivity index (χ1v) is 8.19. The van der Waals surface area contributed by atoms with E-state index in [2.05, 4.69) is 36.4 Å². The minimum Gasteiger partial charge on any atom is -0.444 e. The van der Waals surface area contributed by atoms with Crippen LogP contribution in [0.2, 0.25) is 0 Å². The van der Waals surface area contributed by atoms with E-state index in [4.69, 9.17) is 4.74 Å². The van der Waals surface area contributed by atoms with Crippen LogP contribution in [0.4, 0.5) is 4.79 Å². The van der Waals surface area contributed by atoms with Crippen molar-refractivity contribution in [3.05, 3.63) is 16.6 Å². The molecule has 0 aliphatic carbocycles. The zero-order valence-electron chi connectivity index (χ0n) is 13.8. The number of ether oxygens (including phenoxy) is 1. The Morgan fingerprint density at radius 2 is 2.05 bits per heavy atom. The third-order valence-electron chi connectivity index (χ3n) is 2.97. The Kier molecular flexibility index (Phi) is 6.61. The van der Waals surface area contributed by atoms with Gasteiger partial charge in [-0.3, -0.25) is 0 Å². The summed E-state index contributed by atoms with van der Waals surface area (Å²) in [7, 11) is 0. The van der Waals surface area contributed by atoms with E-state index >= 15 is 0 Å². The Labute approximate surface area is 131 Å². The third-order valence-corrected chi connectivity index (χ3v) is 3.93. The van der Waals surface area contributed by atoms with Gasteiger partial charge in [-0.1, -0.05) is 13.8 Å².